The van der Waals surface area contributed by atoms with Crippen molar-refractivity contribution in [2.24, 2.45) is 0 Å². The summed E-state index contributed by atoms with van der Waals surface area (Å²) < 4.78 is 0. The molecule has 0 saturated carbocycles. The molecule has 2 unspecified atom stereocenters. The van der Waals surface area contributed by atoms with Gasteiger partial charge in [-0.1, -0.05) is 0 Å². The van der Waals surface area contributed by atoms with Gasteiger partial charge in [-0.3, -0.25) is 0 Å². The maximum atomic E-state index is 8.69. The van der Waals surface area contributed by atoms with Gasteiger partial charge in [0.25, 0.3) is 0 Å². The minimum absolute atomic E-state index is 0.255. The summed E-state index contributed by atoms with van der Waals surface area (Å²) in [6.07, 6.45) is 2.45. The number of hydrogen-bond acceptors (Lipinski definition) is 6. The van der Waals surface area contributed by atoms with Crippen LogP contribution in [0, 0.1) is 0 Å². The van der Waals surface area contributed by atoms with Gasteiger partial charge in [0, 0.05) is 22.0 Å². The Kier molecular flexibility index (Phi) is 9.86. The van der Waals surface area contributed by atoms with Crippen LogP contribution >= 0.6 is 47.0 Å². The van der Waals surface area contributed by atoms with Crippen LogP contribution in [0.1, 0.15) is 12.8 Å². The molecule has 6 heteroatoms. The molecule has 0 amide bonds. The van der Waals surface area contributed by atoms with E-state index >= 15 is 0 Å². The van der Waals surface area contributed by atoms with Crippen molar-refractivity contribution >= 4 is 47.0 Å². The van der Waals surface area contributed by atoms with Crippen molar-refractivity contribution in [1.29, 1.82) is 0 Å². The Hall–Kier alpha value is 1.32. The van der Waals surface area contributed by atoms with Crippen molar-refractivity contribution in [2.45, 2.75) is 23.3 Å². The molecule has 1 aliphatic heterocycles. The van der Waals surface area contributed by atoms with E-state index in [2.05, 4.69) is 23.5 Å². The highest BCUT2D eigenvalue weighted by molar-refractivity contribution is 8.07. The van der Waals surface area contributed by atoms with Crippen molar-refractivity contribution in [3.05, 3.63) is 0 Å². The molecule has 2 N–H and O–H groups in total. The highest BCUT2D eigenvalue weighted by Crippen LogP contribution is 2.34. The first-order chi connectivity index (χ1) is 7.86. The molecule has 2 atom stereocenters. The van der Waals surface area contributed by atoms with E-state index in [1.807, 2.05) is 0 Å². The summed E-state index contributed by atoms with van der Waals surface area (Å²) in [5, 5.41) is 18.9. The van der Waals surface area contributed by atoms with E-state index in [9.17, 15) is 0 Å². The van der Waals surface area contributed by atoms with Crippen LogP contribution in [0.2, 0.25) is 0 Å². The van der Waals surface area contributed by atoms with Gasteiger partial charge in [-0.2, -0.15) is 23.5 Å². The lowest BCUT2D eigenvalue weighted by atomic mass is 10.3. The standard InChI is InChI=1S/C10H20O2S4/c11-7-13-3-1-9-5-16-10(6-15-9)2-4-14-8-12/h9-12H,1-8H2. The molecule has 0 radical (unpaired) electrons. The molecule has 1 rings (SSSR count). The minimum Gasteiger partial charge on any atom is -0.386 e. The Bertz CT molecular complexity index is 145. The fourth-order valence-corrected chi connectivity index (χ4v) is 6.05. The van der Waals surface area contributed by atoms with E-state index < -0.39 is 0 Å². The topological polar surface area (TPSA) is 40.5 Å². The van der Waals surface area contributed by atoms with Gasteiger partial charge < -0.3 is 10.2 Å². The SMILES string of the molecule is OCSCCC1CSC(CCSCO)CS1. The normalized spacial score (nSPS) is 25.9. The number of aliphatic hydroxyl groups is 2. The number of rotatable bonds is 8. The van der Waals surface area contributed by atoms with E-state index in [0.717, 1.165) is 22.0 Å². The first kappa shape index (κ1) is 15.4. The molecule has 1 aliphatic rings. The molecule has 0 spiro atoms. The second kappa shape index (κ2) is 10.3. The summed E-state index contributed by atoms with van der Waals surface area (Å²) in [5.74, 6) is 5.19. The summed E-state index contributed by atoms with van der Waals surface area (Å²) in [6, 6.07) is 0. The Morgan fingerprint density at radius 3 is 1.62 bits per heavy atom. The molecule has 1 saturated heterocycles. The zero-order chi connectivity index (χ0) is 11.6. The Balaban J connectivity index is 2.00. The highest BCUT2D eigenvalue weighted by Gasteiger charge is 2.21. The summed E-state index contributed by atoms with van der Waals surface area (Å²) >= 11 is 7.43. The second-order valence-corrected chi connectivity index (χ2v) is 8.38. The maximum Gasteiger partial charge on any atom is 0.0885 e. The quantitative estimate of drug-likeness (QED) is 0.530. The van der Waals surface area contributed by atoms with Gasteiger partial charge in [0.15, 0.2) is 0 Å². The predicted molar refractivity (Wildman–Crippen MR) is 80.8 cm³/mol. The Labute approximate surface area is 115 Å². The van der Waals surface area contributed by atoms with Gasteiger partial charge in [-0.15, -0.1) is 23.5 Å². The maximum absolute atomic E-state index is 8.69. The number of aliphatic hydroxyl groups excluding tert-OH is 2. The molecule has 96 valence electrons. The predicted octanol–water partition coefficient (Wildman–Crippen LogP) is 2.35. The zero-order valence-corrected chi connectivity index (χ0v) is 12.6. The average molecular weight is 301 g/mol. The van der Waals surface area contributed by atoms with Crippen LogP contribution in [0.15, 0.2) is 0 Å². The fourth-order valence-electron chi connectivity index (χ4n) is 1.48. The van der Waals surface area contributed by atoms with E-state index in [1.54, 1.807) is 23.5 Å². The monoisotopic (exact) mass is 300 g/mol. The average Bonchev–Trinajstić information content (AvgIpc) is 2.32. The molecule has 1 heterocycles. The van der Waals surface area contributed by atoms with Gasteiger partial charge in [0.1, 0.15) is 0 Å². The lowest BCUT2D eigenvalue weighted by molar-refractivity contribution is 0.375. The molecule has 0 aliphatic carbocycles. The molecule has 1 fully saturated rings. The molecule has 16 heavy (non-hydrogen) atoms. The molecule has 0 bridgehead atoms. The van der Waals surface area contributed by atoms with E-state index in [1.165, 1.54) is 24.3 Å². The van der Waals surface area contributed by atoms with Crippen LogP contribution in [0.4, 0.5) is 0 Å². The van der Waals surface area contributed by atoms with Crippen LogP contribution in [0.5, 0.6) is 0 Å². The van der Waals surface area contributed by atoms with Crippen LogP contribution in [0.3, 0.4) is 0 Å². The van der Waals surface area contributed by atoms with Gasteiger partial charge in [-0.05, 0) is 24.3 Å². The largest absolute Gasteiger partial charge is 0.386 e. The number of thioether (sulfide) groups is 4. The van der Waals surface area contributed by atoms with Crippen molar-refractivity contribution in [3.63, 3.8) is 0 Å². The summed E-state index contributed by atoms with van der Waals surface area (Å²) in [7, 11) is 0. The van der Waals surface area contributed by atoms with Gasteiger partial charge in [-0.25, -0.2) is 0 Å². The summed E-state index contributed by atoms with van der Waals surface area (Å²) in [4.78, 5) is 0. The Morgan fingerprint density at radius 1 is 0.875 bits per heavy atom. The third-order valence-electron chi connectivity index (χ3n) is 2.39. The minimum atomic E-state index is 0.255. The molecular weight excluding hydrogens is 280 g/mol. The zero-order valence-electron chi connectivity index (χ0n) is 9.34. The van der Waals surface area contributed by atoms with E-state index in [4.69, 9.17) is 10.2 Å². The summed E-state index contributed by atoms with van der Waals surface area (Å²) in [5.41, 5.74) is 0. The lowest BCUT2D eigenvalue weighted by Gasteiger charge is -2.27. The molecule has 0 aromatic carbocycles. The van der Waals surface area contributed by atoms with Gasteiger partial charge >= 0.3 is 0 Å². The first-order valence-electron chi connectivity index (χ1n) is 5.47. The van der Waals surface area contributed by atoms with E-state index in [0.29, 0.717) is 0 Å². The van der Waals surface area contributed by atoms with Crippen molar-refractivity contribution in [3.8, 4) is 0 Å². The van der Waals surface area contributed by atoms with Gasteiger partial charge in [0.2, 0.25) is 0 Å². The Morgan fingerprint density at radius 2 is 1.31 bits per heavy atom. The number of hydrogen-bond donors (Lipinski definition) is 2. The van der Waals surface area contributed by atoms with Crippen LogP contribution in [0.25, 0.3) is 0 Å². The molecule has 0 aromatic rings. The highest BCUT2D eigenvalue weighted by atomic mass is 32.2. The fraction of sp³-hybridized carbons (Fsp3) is 1.00. The lowest BCUT2D eigenvalue weighted by Crippen LogP contribution is -2.22. The third kappa shape index (κ3) is 6.91. The molecular formula is C10H20O2S4. The first-order valence-corrected chi connectivity index (χ1v) is 9.88. The second-order valence-electron chi connectivity index (χ2n) is 3.56. The van der Waals surface area contributed by atoms with Crippen molar-refractivity contribution < 1.29 is 10.2 Å². The van der Waals surface area contributed by atoms with Crippen LogP contribution < -0.4 is 0 Å². The van der Waals surface area contributed by atoms with Gasteiger partial charge in [0.05, 0.1) is 11.9 Å². The van der Waals surface area contributed by atoms with Crippen LogP contribution in [-0.4, -0.2) is 55.6 Å². The van der Waals surface area contributed by atoms with Crippen LogP contribution in [-0.2, 0) is 0 Å². The van der Waals surface area contributed by atoms with E-state index in [-0.39, 0.29) is 11.9 Å². The summed E-state index contributed by atoms with van der Waals surface area (Å²) in [6.45, 7) is 0. The van der Waals surface area contributed by atoms with Crippen molar-refractivity contribution in [1.82, 2.24) is 0 Å². The smallest absolute Gasteiger partial charge is 0.0885 e. The molecule has 2 nitrogen and oxygen atoms in total. The molecule has 0 aromatic heterocycles. The third-order valence-corrected chi connectivity index (χ3v) is 7.16. The van der Waals surface area contributed by atoms with Crippen molar-refractivity contribution in [2.75, 3.05) is 34.9 Å².